The molecule has 0 amide bonds. The van der Waals surface area contributed by atoms with E-state index in [1.165, 1.54) is 5.56 Å². The molecule has 0 saturated carbocycles. The molecule has 0 radical (unpaired) electrons. The third-order valence-corrected chi connectivity index (χ3v) is 3.24. The number of hydrogen-bond donors (Lipinski definition) is 1. The Balaban J connectivity index is 2.33. The first-order valence-corrected chi connectivity index (χ1v) is 6.98. The van der Waals surface area contributed by atoms with Crippen molar-refractivity contribution in [3.8, 4) is 0 Å². The van der Waals surface area contributed by atoms with Gasteiger partial charge in [-0.05, 0) is 42.9 Å². The minimum absolute atomic E-state index is 0.228. The molecule has 0 fully saturated rings. The molecule has 0 bridgehead atoms. The first-order chi connectivity index (χ1) is 8.26. The van der Waals surface area contributed by atoms with Crippen molar-refractivity contribution in [1.82, 2.24) is 0 Å². The van der Waals surface area contributed by atoms with Gasteiger partial charge in [-0.3, -0.25) is 0 Å². The van der Waals surface area contributed by atoms with E-state index in [-0.39, 0.29) is 6.61 Å². The molecular weight excluding hydrogens is 280 g/mol. The number of aliphatic hydroxyl groups excluding tert-OH is 1. The second-order valence-corrected chi connectivity index (χ2v) is 5.20. The predicted molar refractivity (Wildman–Crippen MR) is 74.1 cm³/mol. The highest BCUT2D eigenvalue weighted by atomic mass is 79.9. The Morgan fingerprint density at radius 1 is 1.24 bits per heavy atom. The molecule has 0 saturated heterocycles. The van der Waals surface area contributed by atoms with Crippen molar-refractivity contribution in [3.63, 3.8) is 0 Å². The van der Waals surface area contributed by atoms with E-state index in [0.717, 1.165) is 36.9 Å². The lowest BCUT2D eigenvalue weighted by Gasteiger charge is -2.14. The summed E-state index contributed by atoms with van der Waals surface area (Å²) < 4.78 is 6.54. The highest BCUT2D eigenvalue weighted by Crippen LogP contribution is 2.15. The van der Waals surface area contributed by atoms with Gasteiger partial charge in [-0.25, -0.2) is 0 Å². The molecule has 0 heterocycles. The Labute approximate surface area is 112 Å². The van der Waals surface area contributed by atoms with Gasteiger partial charge in [0.05, 0.1) is 0 Å². The van der Waals surface area contributed by atoms with Crippen LogP contribution in [0.15, 0.2) is 28.7 Å². The van der Waals surface area contributed by atoms with Crippen LogP contribution in [-0.2, 0) is 11.2 Å². The van der Waals surface area contributed by atoms with E-state index in [1.54, 1.807) is 0 Å². The summed E-state index contributed by atoms with van der Waals surface area (Å²) in [6.07, 6.45) is 2.89. The van der Waals surface area contributed by atoms with Crippen molar-refractivity contribution in [3.05, 3.63) is 34.3 Å². The van der Waals surface area contributed by atoms with Gasteiger partial charge in [0, 0.05) is 24.3 Å². The van der Waals surface area contributed by atoms with Crippen molar-refractivity contribution >= 4 is 15.9 Å². The predicted octanol–water partition coefficient (Wildman–Crippen LogP) is 3.42. The van der Waals surface area contributed by atoms with E-state index in [9.17, 15) is 5.11 Å². The molecule has 1 aromatic carbocycles. The van der Waals surface area contributed by atoms with Gasteiger partial charge in [0.25, 0.3) is 0 Å². The van der Waals surface area contributed by atoms with Crippen LogP contribution in [-0.4, -0.2) is 24.9 Å². The highest BCUT2D eigenvalue weighted by molar-refractivity contribution is 9.10. The van der Waals surface area contributed by atoms with Gasteiger partial charge in [-0.1, -0.05) is 35.0 Å². The van der Waals surface area contributed by atoms with Crippen LogP contribution in [0.3, 0.4) is 0 Å². The molecule has 1 atom stereocenters. The number of benzene rings is 1. The lowest BCUT2D eigenvalue weighted by atomic mass is 9.97. The van der Waals surface area contributed by atoms with Gasteiger partial charge in [-0.15, -0.1) is 0 Å². The van der Waals surface area contributed by atoms with Gasteiger partial charge in [0.2, 0.25) is 0 Å². The second-order valence-electron chi connectivity index (χ2n) is 4.28. The third kappa shape index (κ3) is 6.20. The molecule has 1 rings (SSSR count). The molecule has 0 aliphatic carbocycles. The van der Waals surface area contributed by atoms with Gasteiger partial charge < -0.3 is 9.84 Å². The molecule has 1 unspecified atom stereocenters. The summed E-state index contributed by atoms with van der Waals surface area (Å²) >= 11 is 3.42. The van der Waals surface area contributed by atoms with Crippen LogP contribution in [0.2, 0.25) is 0 Å². The normalized spacial score (nSPS) is 12.6. The average molecular weight is 301 g/mol. The van der Waals surface area contributed by atoms with Gasteiger partial charge >= 0.3 is 0 Å². The van der Waals surface area contributed by atoms with Gasteiger partial charge in [0.15, 0.2) is 0 Å². The molecular formula is C14H21BrO2. The van der Waals surface area contributed by atoms with Crippen molar-refractivity contribution in [2.75, 3.05) is 19.8 Å². The zero-order chi connectivity index (χ0) is 12.5. The second kappa shape index (κ2) is 8.67. The summed E-state index contributed by atoms with van der Waals surface area (Å²) in [7, 11) is 0. The fraction of sp³-hybridized carbons (Fsp3) is 0.571. The van der Waals surface area contributed by atoms with E-state index in [0.29, 0.717) is 5.92 Å². The van der Waals surface area contributed by atoms with Gasteiger partial charge in [-0.2, -0.15) is 0 Å². The summed E-state index contributed by atoms with van der Waals surface area (Å²) in [4.78, 5) is 0. The van der Waals surface area contributed by atoms with Crippen LogP contribution in [0.1, 0.15) is 25.3 Å². The van der Waals surface area contributed by atoms with E-state index in [1.807, 2.05) is 12.1 Å². The van der Waals surface area contributed by atoms with Crippen LogP contribution in [0.4, 0.5) is 0 Å². The Morgan fingerprint density at radius 3 is 2.53 bits per heavy atom. The van der Waals surface area contributed by atoms with E-state index in [4.69, 9.17) is 4.74 Å². The summed E-state index contributed by atoms with van der Waals surface area (Å²) in [6, 6.07) is 8.27. The SMILES string of the molecule is CCCOCCC(CO)Cc1ccc(Br)cc1. The Hall–Kier alpha value is -0.380. The molecule has 0 aliphatic rings. The van der Waals surface area contributed by atoms with Crippen molar-refractivity contribution < 1.29 is 9.84 Å². The molecule has 0 spiro atoms. The molecule has 0 aromatic heterocycles. The quantitative estimate of drug-likeness (QED) is 0.746. The van der Waals surface area contributed by atoms with Gasteiger partial charge in [0.1, 0.15) is 0 Å². The summed E-state index contributed by atoms with van der Waals surface area (Å²) in [5.74, 6) is 0.299. The monoisotopic (exact) mass is 300 g/mol. The summed E-state index contributed by atoms with van der Waals surface area (Å²) in [5, 5.41) is 9.33. The maximum absolute atomic E-state index is 9.33. The van der Waals surface area contributed by atoms with Crippen LogP contribution in [0.5, 0.6) is 0 Å². The van der Waals surface area contributed by atoms with Crippen molar-refractivity contribution in [1.29, 1.82) is 0 Å². The molecule has 2 nitrogen and oxygen atoms in total. The van der Waals surface area contributed by atoms with E-state index in [2.05, 4.69) is 35.0 Å². The topological polar surface area (TPSA) is 29.5 Å². The van der Waals surface area contributed by atoms with Crippen LogP contribution in [0.25, 0.3) is 0 Å². The molecule has 17 heavy (non-hydrogen) atoms. The number of ether oxygens (including phenoxy) is 1. The summed E-state index contributed by atoms with van der Waals surface area (Å²) in [5.41, 5.74) is 1.27. The minimum atomic E-state index is 0.228. The number of aliphatic hydroxyl groups is 1. The van der Waals surface area contributed by atoms with Crippen molar-refractivity contribution in [2.45, 2.75) is 26.2 Å². The molecule has 3 heteroatoms. The fourth-order valence-electron chi connectivity index (χ4n) is 1.71. The van der Waals surface area contributed by atoms with Crippen LogP contribution >= 0.6 is 15.9 Å². The zero-order valence-corrected chi connectivity index (χ0v) is 11.9. The number of rotatable bonds is 8. The lowest BCUT2D eigenvalue weighted by molar-refractivity contribution is 0.106. The zero-order valence-electron chi connectivity index (χ0n) is 10.4. The number of halogens is 1. The maximum atomic E-state index is 9.33. The highest BCUT2D eigenvalue weighted by Gasteiger charge is 2.08. The lowest BCUT2D eigenvalue weighted by Crippen LogP contribution is -2.13. The summed E-state index contributed by atoms with van der Waals surface area (Å²) in [6.45, 7) is 3.89. The minimum Gasteiger partial charge on any atom is -0.396 e. The largest absolute Gasteiger partial charge is 0.396 e. The first kappa shape index (κ1) is 14.7. The molecule has 96 valence electrons. The van der Waals surface area contributed by atoms with Crippen LogP contribution < -0.4 is 0 Å². The van der Waals surface area contributed by atoms with E-state index >= 15 is 0 Å². The van der Waals surface area contributed by atoms with Crippen molar-refractivity contribution in [2.24, 2.45) is 5.92 Å². The maximum Gasteiger partial charge on any atom is 0.0469 e. The standard InChI is InChI=1S/C14H21BrO2/c1-2-8-17-9-7-13(11-16)10-12-3-5-14(15)6-4-12/h3-6,13,16H,2,7-11H2,1H3. The smallest absolute Gasteiger partial charge is 0.0469 e. The molecule has 0 aliphatic heterocycles. The molecule has 1 N–H and O–H groups in total. The molecule has 1 aromatic rings. The van der Waals surface area contributed by atoms with Crippen LogP contribution in [0, 0.1) is 5.92 Å². The fourth-order valence-corrected chi connectivity index (χ4v) is 1.97. The first-order valence-electron chi connectivity index (χ1n) is 6.19. The van der Waals surface area contributed by atoms with E-state index < -0.39 is 0 Å². The Morgan fingerprint density at radius 2 is 1.94 bits per heavy atom. The Bertz CT molecular complexity index is 298. The Kier molecular flexibility index (Phi) is 7.49. The number of hydrogen-bond acceptors (Lipinski definition) is 2. The third-order valence-electron chi connectivity index (χ3n) is 2.71. The average Bonchev–Trinajstić information content (AvgIpc) is 2.35.